The fraction of sp³-hybridized carbons (Fsp3) is 0.571. The third kappa shape index (κ3) is 2.50. The second-order valence-electron chi connectivity index (χ2n) is 11.9. The van der Waals surface area contributed by atoms with Crippen LogP contribution in [-0.2, 0) is 16.0 Å². The van der Waals surface area contributed by atoms with E-state index in [1.165, 1.54) is 7.11 Å². The number of ketones is 1. The van der Waals surface area contributed by atoms with E-state index in [1.54, 1.807) is 25.1 Å². The highest BCUT2D eigenvalue weighted by Crippen LogP contribution is 2.69. The Balaban J connectivity index is 1.37. The fourth-order valence-corrected chi connectivity index (χ4v) is 7.78. The third-order valence-corrected chi connectivity index (χ3v) is 10.2. The standard InChI is InChI=1S/C28H30O10/c1-24(2)21-10-20(29)26(12-34-21)27(24,31)6-5-25(3)28(26,32)11-15-17(38-25)9-16(37-23(15)30)14-7-18(33-4)22-19(8-14)35-13-36-22/h7-9,21,31-32H,5-6,10-13H2,1-4H3/t21-,25+,26-,27+,28+/m0/s1. The minimum atomic E-state index is -1.90. The van der Waals surface area contributed by atoms with Gasteiger partial charge in [-0.25, -0.2) is 4.79 Å². The zero-order valence-electron chi connectivity index (χ0n) is 21.7. The quantitative estimate of drug-likeness (QED) is 0.601. The number of carbonyl (C=O) groups excluding carboxylic acids is 1. The maximum atomic E-state index is 13.7. The minimum absolute atomic E-state index is 0.0530. The second-order valence-corrected chi connectivity index (χ2v) is 11.9. The molecule has 2 saturated heterocycles. The van der Waals surface area contributed by atoms with Crippen LogP contribution >= 0.6 is 0 Å². The van der Waals surface area contributed by atoms with Gasteiger partial charge in [0.2, 0.25) is 12.5 Å². The van der Waals surface area contributed by atoms with Crippen molar-refractivity contribution in [2.24, 2.45) is 10.8 Å². The zero-order valence-corrected chi connectivity index (χ0v) is 21.7. The Morgan fingerprint density at radius 1 is 1.00 bits per heavy atom. The van der Waals surface area contributed by atoms with E-state index in [9.17, 15) is 19.8 Å². The van der Waals surface area contributed by atoms with Gasteiger partial charge in [0.05, 0.1) is 31.0 Å². The smallest absolute Gasteiger partial charge is 0.343 e. The van der Waals surface area contributed by atoms with E-state index in [0.29, 0.717) is 22.8 Å². The number of carbonyl (C=O) groups is 1. The van der Waals surface area contributed by atoms with E-state index in [2.05, 4.69) is 0 Å². The van der Waals surface area contributed by atoms with Crippen LogP contribution in [0.2, 0.25) is 0 Å². The maximum Gasteiger partial charge on any atom is 0.343 e. The summed E-state index contributed by atoms with van der Waals surface area (Å²) in [5.74, 6) is 1.59. The molecule has 2 saturated carbocycles. The van der Waals surface area contributed by atoms with Crippen LogP contribution in [0.15, 0.2) is 27.4 Å². The third-order valence-electron chi connectivity index (χ3n) is 10.2. The van der Waals surface area contributed by atoms with Crippen molar-refractivity contribution in [3.8, 4) is 34.3 Å². The van der Waals surface area contributed by atoms with Gasteiger partial charge in [-0.1, -0.05) is 13.8 Å². The monoisotopic (exact) mass is 526 g/mol. The highest BCUT2D eigenvalue weighted by molar-refractivity contribution is 5.91. The zero-order chi connectivity index (χ0) is 26.9. The Labute approximate surface area is 218 Å². The Kier molecular flexibility index (Phi) is 4.49. The molecule has 0 amide bonds. The van der Waals surface area contributed by atoms with Crippen molar-refractivity contribution >= 4 is 5.78 Å². The van der Waals surface area contributed by atoms with E-state index in [-0.39, 0.29) is 61.9 Å². The van der Waals surface area contributed by atoms with Crippen molar-refractivity contribution in [2.45, 2.75) is 69.4 Å². The van der Waals surface area contributed by atoms with Gasteiger partial charge in [0.25, 0.3) is 0 Å². The van der Waals surface area contributed by atoms with Crippen molar-refractivity contribution in [2.75, 3.05) is 20.5 Å². The van der Waals surface area contributed by atoms with Gasteiger partial charge in [-0.3, -0.25) is 4.79 Å². The lowest BCUT2D eigenvalue weighted by Crippen LogP contribution is -2.88. The molecule has 4 aliphatic heterocycles. The molecular weight excluding hydrogens is 496 g/mol. The van der Waals surface area contributed by atoms with Crippen molar-refractivity contribution < 1.29 is 43.1 Å². The molecule has 1 aromatic heterocycles. The fourth-order valence-electron chi connectivity index (χ4n) is 7.78. The average Bonchev–Trinajstić information content (AvgIpc) is 3.35. The number of hydrogen-bond acceptors (Lipinski definition) is 10. The predicted molar refractivity (Wildman–Crippen MR) is 131 cm³/mol. The summed E-state index contributed by atoms with van der Waals surface area (Å²) in [6.45, 7) is 5.41. The summed E-state index contributed by atoms with van der Waals surface area (Å²) in [7, 11) is 1.50. The van der Waals surface area contributed by atoms with E-state index in [0.717, 1.165) is 0 Å². The number of hydrogen-bond donors (Lipinski definition) is 2. The first kappa shape index (κ1) is 24.0. The SMILES string of the molecule is COc1cc(-c2cc3c(c(=O)o2)C[C@]2(O)[C@@]45CO[C@@H](CC4=O)C(C)(C)[C@]5(O)CC[C@@]2(C)O3)cc2c1OCO2. The summed E-state index contributed by atoms with van der Waals surface area (Å²) in [6, 6.07) is 4.98. The van der Waals surface area contributed by atoms with Gasteiger partial charge in [-0.05, 0) is 31.9 Å². The van der Waals surface area contributed by atoms with Crippen LogP contribution in [0.3, 0.4) is 0 Å². The summed E-state index contributed by atoms with van der Waals surface area (Å²) < 4.78 is 34.6. The lowest BCUT2D eigenvalue weighted by molar-refractivity contribution is -0.369. The van der Waals surface area contributed by atoms with Gasteiger partial charge < -0.3 is 38.3 Å². The van der Waals surface area contributed by atoms with E-state index < -0.39 is 39.4 Å². The summed E-state index contributed by atoms with van der Waals surface area (Å²) in [6.07, 6.45) is -0.0619. The first-order chi connectivity index (χ1) is 17.9. The van der Waals surface area contributed by atoms with Crippen LogP contribution in [-0.4, -0.2) is 59.4 Å². The van der Waals surface area contributed by atoms with Crippen LogP contribution in [0.1, 0.15) is 45.6 Å². The number of methoxy groups -OCH3 is 1. The van der Waals surface area contributed by atoms with Gasteiger partial charge in [0, 0.05) is 29.9 Å². The molecule has 10 nitrogen and oxygen atoms in total. The summed E-state index contributed by atoms with van der Waals surface area (Å²) in [5, 5.41) is 24.7. The first-order valence-electron chi connectivity index (χ1n) is 12.8. The molecule has 0 radical (unpaired) electrons. The van der Waals surface area contributed by atoms with Crippen molar-refractivity contribution in [1.82, 2.24) is 0 Å². The van der Waals surface area contributed by atoms with E-state index in [1.807, 2.05) is 13.8 Å². The van der Waals surface area contributed by atoms with Gasteiger partial charge in [-0.15, -0.1) is 0 Å². The molecule has 4 fully saturated rings. The number of aliphatic hydroxyl groups is 2. The average molecular weight is 527 g/mol. The van der Waals surface area contributed by atoms with Crippen LogP contribution in [0, 0.1) is 10.8 Å². The molecule has 10 heteroatoms. The van der Waals surface area contributed by atoms with Crippen molar-refractivity contribution in [3.05, 3.63) is 34.2 Å². The lowest BCUT2D eigenvalue weighted by atomic mass is 9.37. The molecule has 38 heavy (non-hydrogen) atoms. The van der Waals surface area contributed by atoms with Crippen LogP contribution in [0.4, 0.5) is 0 Å². The Bertz CT molecular complexity index is 1460. The Morgan fingerprint density at radius 3 is 2.53 bits per heavy atom. The lowest BCUT2D eigenvalue weighted by Gasteiger charge is -2.73. The van der Waals surface area contributed by atoms with E-state index in [4.69, 9.17) is 28.1 Å². The number of benzene rings is 1. The van der Waals surface area contributed by atoms with Crippen LogP contribution in [0.5, 0.6) is 23.0 Å². The van der Waals surface area contributed by atoms with Gasteiger partial charge in [0.15, 0.2) is 11.5 Å². The number of ether oxygens (including phenoxy) is 5. The topological polar surface area (TPSA) is 134 Å². The molecule has 5 heterocycles. The summed E-state index contributed by atoms with van der Waals surface area (Å²) >= 11 is 0. The molecule has 5 atom stereocenters. The molecule has 1 spiro atoms. The largest absolute Gasteiger partial charge is 0.493 e. The molecule has 8 rings (SSSR count). The first-order valence-corrected chi connectivity index (χ1v) is 12.8. The normalized spacial score (nSPS) is 37.6. The predicted octanol–water partition coefficient (Wildman–Crippen LogP) is 2.38. The van der Waals surface area contributed by atoms with Gasteiger partial charge >= 0.3 is 5.63 Å². The molecule has 0 unspecified atom stereocenters. The number of fused-ring (bicyclic) bond motifs is 5. The molecule has 2 N–H and O–H groups in total. The van der Waals surface area contributed by atoms with E-state index >= 15 is 0 Å². The molecule has 2 aromatic rings. The van der Waals surface area contributed by atoms with Crippen molar-refractivity contribution in [1.29, 1.82) is 0 Å². The Hall–Kier alpha value is -3.08. The maximum absolute atomic E-state index is 13.7. The van der Waals surface area contributed by atoms with Crippen molar-refractivity contribution in [3.63, 3.8) is 0 Å². The van der Waals surface area contributed by atoms with Gasteiger partial charge in [-0.2, -0.15) is 0 Å². The van der Waals surface area contributed by atoms with Crippen LogP contribution in [0.25, 0.3) is 11.3 Å². The summed E-state index contributed by atoms with van der Waals surface area (Å²) in [4.78, 5) is 27.1. The molecular formula is C28H30O10. The molecule has 202 valence electrons. The number of Topliss-reactive ketones (excluding diaryl/α,β-unsaturated/α-hetero) is 1. The molecule has 1 aromatic carbocycles. The van der Waals surface area contributed by atoms with Crippen LogP contribution < -0.4 is 24.6 Å². The second kappa shape index (κ2) is 7.11. The summed E-state index contributed by atoms with van der Waals surface area (Å²) in [5.41, 5.74) is -7.22. The Morgan fingerprint density at radius 2 is 1.79 bits per heavy atom. The van der Waals surface area contributed by atoms with Gasteiger partial charge in [0.1, 0.15) is 33.9 Å². The number of rotatable bonds is 2. The minimum Gasteiger partial charge on any atom is -0.493 e. The highest BCUT2D eigenvalue weighted by Gasteiger charge is 2.83. The highest BCUT2D eigenvalue weighted by atomic mass is 16.7. The molecule has 2 bridgehead atoms. The molecule has 2 aliphatic carbocycles. The molecule has 6 aliphatic rings.